The summed E-state index contributed by atoms with van der Waals surface area (Å²) in [5.41, 5.74) is 3.93. The number of rotatable bonds is 13. The molecule has 0 aliphatic carbocycles. The van der Waals surface area contributed by atoms with Crippen molar-refractivity contribution in [2.24, 2.45) is 0 Å². The molecule has 6 aromatic rings. The predicted octanol–water partition coefficient (Wildman–Crippen LogP) is 9.10. The van der Waals surface area contributed by atoms with Crippen molar-refractivity contribution in [3.63, 3.8) is 0 Å². The van der Waals surface area contributed by atoms with Gasteiger partial charge < -0.3 is 23.6 Å². The van der Waals surface area contributed by atoms with E-state index in [9.17, 15) is 9.59 Å². The van der Waals surface area contributed by atoms with Gasteiger partial charge in [0, 0.05) is 48.7 Å². The minimum atomic E-state index is -1.82. The first-order valence-electron chi connectivity index (χ1n) is 22.7. The first kappa shape index (κ1) is 50.8. The summed E-state index contributed by atoms with van der Waals surface area (Å²) in [7, 11) is -3.53. The fourth-order valence-corrected chi connectivity index (χ4v) is 8.23. The molecule has 0 bridgehead atoms. The lowest BCUT2D eigenvalue weighted by Crippen LogP contribution is -2.42. The summed E-state index contributed by atoms with van der Waals surface area (Å²) in [6, 6.07) is 15.5. The van der Waals surface area contributed by atoms with E-state index in [1.807, 2.05) is 88.8 Å². The van der Waals surface area contributed by atoms with E-state index in [4.69, 9.17) is 8.85 Å². The summed E-state index contributed by atoms with van der Waals surface area (Å²) in [5.74, 6) is 1.02. The van der Waals surface area contributed by atoms with Crippen molar-refractivity contribution >= 4 is 56.4 Å². The number of halogens is 1. The third-order valence-electron chi connectivity index (χ3n) is 12.6. The monoisotopic (exact) mass is 1010 g/mol. The Hall–Kier alpha value is -5.61. The highest BCUT2D eigenvalue weighted by atomic mass is 79.9. The molecule has 2 aliphatic heterocycles. The van der Waals surface area contributed by atoms with Crippen LogP contribution < -0.4 is 20.9 Å². The largest absolute Gasteiger partial charge is 0.413 e. The Balaban J connectivity index is 0.000000186. The number of benzene rings is 2. The van der Waals surface area contributed by atoms with Gasteiger partial charge >= 0.3 is 0 Å². The minimum Gasteiger partial charge on any atom is -0.413 e. The van der Waals surface area contributed by atoms with Gasteiger partial charge in [-0.1, -0.05) is 80.1 Å². The van der Waals surface area contributed by atoms with Crippen LogP contribution in [0.25, 0.3) is 29.2 Å². The third kappa shape index (κ3) is 13.5. The molecule has 2 aliphatic rings. The van der Waals surface area contributed by atoms with E-state index in [1.165, 1.54) is 0 Å². The fourth-order valence-electron chi connectivity index (χ4n) is 6.08. The molecule has 0 unspecified atom stereocenters. The Kier molecular flexibility index (Phi) is 16.7. The number of nitrogens with one attached hydrogen (secondary N) is 1. The van der Waals surface area contributed by atoms with Gasteiger partial charge in [-0.25, -0.2) is 19.3 Å². The van der Waals surface area contributed by atoms with Crippen molar-refractivity contribution in [1.82, 2.24) is 49.5 Å². The standard InChI is InChI=1S/C24H32N6O2Si.C16H27N3O2Si.C8H6BrN3/c1-24(2,3)33(4,5)32-17-6-8-19-18-29(23(31)22(26-19)28-14-7-15-28)20-9-11-21(12-10-20)30-16-13-25-27-30;1-16(2,3)22(4,5)21-11-6-8-13-12-17-15(20)14(18-13)19-9-7-10-19;9-7-1-3-8(4-2-7)12-6-5-10-11-12/h6,8-13,16,18H,7,14-15,17H2,1-5H3;6,8,12H,7,9-11H2,1-5H3,(H,17,20);1-6H/b2*8-6+;. The molecular weight excluding hydrogens is 945 g/mol. The Morgan fingerprint density at radius 1 is 0.657 bits per heavy atom. The van der Waals surface area contributed by atoms with Gasteiger partial charge in [0.25, 0.3) is 11.1 Å². The zero-order chi connectivity index (χ0) is 48.4. The number of aromatic amines is 1. The quantitative estimate of drug-likeness (QED) is 0.109. The molecule has 0 amide bonds. The molecule has 6 heterocycles. The number of anilines is 2. The maximum absolute atomic E-state index is 13.2. The summed E-state index contributed by atoms with van der Waals surface area (Å²) >= 11 is 3.36. The van der Waals surface area contributed by atoms with Crippen LogP contribution in [-0.4, -0.2) is 106 Å². The molecular formula is C48H65BrN12O4Si2. The van der Waals surface area contributed by atoms with Crippen molar-refractivity contribution < 1.29 is 8.85 Å². The molecule has 0 saturated carbocycles. The molecule has 19 heteroatoms. The second kappa shape index (κ2) is 22.0. The van der Waals surface area contributed by atoms with Gasteiger partial charge in [-0.2, -0.15) is 0 Å². The molecule has 67 heavy (non-hydrogen) atoms. The van der Waals surface area contributed by atoms with Gasteiger partial charge in [0.2, 0.25) is 0 Å². The lowest BCUT2D eigenvalue weighted by molar-refractivity contribution is 0.328. The average Bonchev–Trinajstić information content (AvgIpc) is 3.99. The first-order valence-corrected chi connectivity index (χ1v) is 29.3. The van der Waals surface area contributed by atoms with Crippen LogP contribution in [0.1, 0.15) is 65.8 Å². The molecule has 2 aromatic carbocycles. The molecule has 1 N–H and O–H groups in total. The van der Waals surface area contributed by atoms with Crippen LogP contribution >= 0.6 is 15.9 Å². The van der Waals surface area contributed by atoms with E-state index in [0.717, 1.165) is 71.9 Å². The fraction of sp³-hybridized carbons (Fsp3) is 0.417. The van der Waals surface area contributed by atoms with Crippen LogP contribution in [0.15, 0.2) is 112 Å². The van der Waals surface area contributed by atoms with Gasteiger partial charge in [-0.05, 0) is 110 Å². The van der Waals surface area contributed by atoms with Crippen LogP contribution in [0.5, 0.6) is 0 Å². The van der Waals surface area contributed by atoms with Crippen LogP contribution in [0.2, 0.25) is 36.3 Å². The van der Waals surface area contributed by atoms with Crippen LogP contribution in [0.3, 0.4) is 0 Å². The Labute approximate surface area is 404 Å². The Morgan fingerprint density at radius 3 is 1.55 bits per heavy atom. The SMILES string of the molecule is Brc1ccc(-n2ccnn2)cc1.CC(C)(C)[Si](C)(C)OC/C=C/c1c[nH]c(=O)c(N2CCC2)n1.CC(C)(C)[Si](C)(C)OC/C=C/c1cn(-c2ccc(-n3ccnn3)cc2)c(=O)c(N2CCC2)n1. The zero-order valence-corrected chi connectivity index (χ0v) is 44.1. The van der Waals surface area contributed by atoms with Crippen LogP contribution in [-0.2, 0) is 8.85 Å². The van der Waals surface area contributed by atoms with Crippen LogP contribution in [0.4, 0.5) is 11.6 Å². The first-order chi connectivity index (χ1) is 31.7. The summed E-state index contributed by atoms with van der Waals surface area (Å²) in [4.78, 5) is 40.9. The molecule has 356 valence electrons. The average molecular weight is 1010 g/mol. The normalized spacial score (nSPS) is 14.3. The van der Waals surface area contributed by atoms with Crippen molar-refractivity contribution in [3.05, 3.63) is 134 Å². The highest BCUT2D eigenvalue weighted by Crippen LogP contribution is 2.37. The van der Waals surface area contributed by atoms with E-state index in [1.54, 1.807) is 44.9 Å². The van der Waals surface area contributed by atoms with Crippen LogP contribution in [0, 0.1) is 0 Å². The van der Waals surface area contributed by atoms with E-state index in [0.29, 0.717) is 24.8 Å². The van der Waals surface area contributed by atoms with Crippen molar-refractivity contribution in [2.45, 2.75) is 90.6 Å². The summed E-state index contributed by atoms with van der Waals surface area (Å²) in [6.45, 7) is 27.0. The van der Waals surface area contributed by atoms with Crippen molar-refractivity contribution in [2.75, 3.05) is 49.2 Å². The highest BCUT2D eigenvalue weighted by Gasteiger charge is 2.37. The lowest BCUT2D eigenvalue weighted by atomic mass is 10.2. The molecule has 2 saturated heterocycles. The molecule has 0 atom stereocenters. The van der Waals surface area contributed by atoms with Gasteiger partial charge in [0.05, 0.1) is 60.8 Å². The highest BCUT2D eigenvalue weighted by molar-refractivity contribution is 9.10. The second-order valence-electron chi connectivity index (χ2n) is 19.5. The molecule has 8 rings (SSSR count). The number of aromatic nitrogens is 10. The van der Waals surface area contributed by atoms with E-state index < -0.39 is 16.6 Å². The minimum absolute atomic E-state index is 0.113. The number of hydrogen-bond donors (Lipinski definition) is 1. The van der Waals surface area contributed by atoms with Crippen molar-refractivity contribution in [3.8, 4) is 17.1 Å². The molecule has 4 aromatic heterocycles. The predicted molar refractivity (Wildman–Crippen MR) is 277 cm³/mol. The maximum Gasteiger partial charge on any atom is 0.298 e. The summed E-state index contributed by atoms with van der Waals surface area (Å²) in [5, 5.41) is 15.8. The van der Waals surface area contributed by atoms with E-state index >= 15 is 0 Å². The van der Waals surface area contributed by atoms with Gasteiger partial charge in [-0.15, -0.1) is 10.2 Å². The Morgan fingerprint density at radius 2 is 1.10 bits per heavy atom. The molecule has 16 nitrogen and oxygen atoms in total. The zero-order valence-electron chi connectivity index (χ0n) is 40.5. The van der Waals surface area contributed by atoms with E-state index in [-0.39, 0.29) is 21.2 Å². The van der Waals surface area contributed by atoms with Gasteiger partial charge in [-0.3, -0.25) is 14.2 Å². The van der Waals surface area contributed by atoms with E-state index in [2.05, 4.69) is 119 Å². The van der Waals surface area contributed by atoms with Gasteiger partial charge in [0.15, 0.2) is 28.3 Å². The van der Waals surface area contributed by atoms with Crippen molar-refractivity contribution in [1.29, 1.82) is 0 Å². The molecule has 0 spiro atoms. The van der Waals surface area contributed by atoms with Gasteiger partial charge in [0.1, 0.15) is 0 Å². The molecule has 2 fully saturated rings. The summed E-state index contributed by atoms with van der Waals surface area (Å²) in [6.07, 6.45) is 20.3. The second-order valence-corrected chi connectivity index (χ2v) is 30.0. The Bertz CT molecular complexity index is 2680. The number of nitrogens with zero attached hydrogens (tertiary/aromatic N) is 11. The number of H-pyrrole nitrogens is 1. The molecule has 0 radical (unpaired) electrons. The maximum atomic E-state index is 13.2. The summed E-state index contributed by atoms with van der Waals surface area (Å²) < 4.78 is 18.5. The third-order valence-corrected chi connectivity index (χ3v) is 22.1. The topological polar surface area (TPSA) is 167 Å². The smallest absolute Gasteiger partial charge is 0.298 e. The lowest BCUT2D eigenvalue weighted by Gasteiger charge is -2.35. The number of hydrogen-bond acceptors (Lipinski definition) is 12.